The number of nitriles is 1. The lowest BCUT2D eigenvalue weighted by Crippen LogP contribution is -2.46. The Morgan fingerprint density at radius 3 is 2.73 bits per heavy atom. The number of ether oxygens (including phenoxy) is 2. The Morgan fingerprint density at radius 2 is 2.06 bits per heavy atom. The van der Waals surface area contributed by atoms with Gasteiger partial charge in [-0.2, -0.15) is 10.2 Å². The topological polar surface area (TPSA) is 104 Å². The predicted molar refractivity (Wildman–Crippen MR) is 120 cm³/mol. The van der Waals surface area contributed by atoms with Crippen LogP contribution in [0.4, 0.5) is 10.2 Å². The molecule has 2 heterocycles. The number of carbonyl (C=O) groups excluding carboxylic acids is 1. The molecule has 1 aliphatic rings. The number of anilines is 1. The molecule has 1 aromatic carbocycles. The molecule has 1 fully saturated rings. The number of nitrogens with zero attached hydrogens (tertiary/aromatic N) is 5. The molecule has 0 aliphatic carbocycles. The molecule has 0 spiro atoms. The van der Waals surface area contributed by atoms with E-state index in [4.69, 9.17) is 14.7 Å². The van der Waals surface area contributed by atoms with Crippen molar-refractivity contribution >= 4 is 11.7 Å². The fraction of sp³-hybridized carbons (Fsp3) is 0.478. The van der Waals surface area contributed by atoms with Crippen molar-refractivity contribution in [1.82, 2.24) is 20.3 Å². The SMILES string of the molecule is CC(C)CN(NC(=O)Cc1ccc(OCCN2CCOCC2)cc1)c1nc(C#N)ncc1F. The molecule has 1 N–H and O–H groups in total. The number of benzene rings is 1. The van der Waals surface area contributed by atoms with E-state index in [1.165, 1.54) is 5.01 Å². The van der Waals surface area contributed by atoms with Crippen LogP contribution in [0.2, 0.25) is 0 Å². The van der Waals surface area contributed by atoms with Crippen LogP contribution in [0.5, 0.6) is 5.75 Å². The number of amides is 1. The lowest BCUT2D eigenvalue weighted by atomic mass is 10.1. The number of hydrazine groups is 1. The zero-order chi connectivity index (χ0) is 23.6. The summed E-state index contributed by atoms with van der Waals surface area (Å²) >= 11 is 0. The lowest BCUT2D eigenvalue weighted by Gasteiger charge is -2.26. The maximum atomic E-state index is 14.3. The Balaban J connectivity index is 1.55. The van der Waals surface area contributed by atoms with E-state index in [0.29, 0.717) is 13.2 Å². The van der Waals surface area contributed by atoms with E-state index in [9.17, 15) is 9.18 Å². The van der Waals surface area contributed by atoms with Crippen LogP contribution in [0.15, 0.2) is 30.5 Å². The molecule has 0 bridgehead atoms. The third-order valence-corrected chi connectivity index (χ3v) is 4.96. The number of carbonyl (C=O) groups is 1. The minimum atomic E-state index is -0.714. The number of hydrogen-bond donors (Lipinski definition) is 1. The molecule has 1 aromatic heterocycles. The molecule has 1 amide bonds. The van der Waals surface area contributed by atoms with Gasteiger partial charge in [0.05, 0.1) is 25.8 Å². The summed E-state index contributed by atoms with van der Waals surface area (Å²) in [7, 11) is 0. The van der Waals surface area contributed by atoms with Gasteiger partial charge in [-0.25, -0.2) is 9.37 Å². The summed E-state index contributed by atoms with van der Waals surface area (Å²) in [6, 6.07) is 9.10. The smallest absolute Gasteiger partial charge is 0.242 e. The second-order valence-corrected chi connectivity index (χ2v) is 8.14. The minimum Gasteiger partial charge on any atom is -0.492 e. The molecular weight excluding hydrogens is 427 g/mol. The minimum absolute atomic E-state index is 0.0977. The zero-order valence-electron chi connectivity index (χ0n) is 19.0. The molecule has 0 atom stereocenters. The normalized spacial score (nSPS) is 14.0. The monoisotopic (exact) mass is 456 g/mol. The van der Waals surface area contributed by atoms with Gasteiger partial charge in [-0.3, -0.25) is 20.1 Å². The molecule has 2 aromatic rings. The molecule has 10 heteroatoms. The second kappa shape index (κ2) is 12.1. The molecule has 0 radical (unpaired) electrons. The van der Waals surface area contributed by atoms with Crippen LogP contribution >= 0.6 is 0 Å². The van der Waals surface area contributed by atoms with Crippen molar-refractivity contribution in [3.8, 4) is 11.8 Å². The highest BCUT2D eigenvalue weighted by molar-refractivity contribution is 5.80. The molecule has 176 valence electrons. The maximum Gasteiger partial charge on any atom is 0.242 e. The molecule has 9 nitrogen and oxygen atoms in total. The summed E-state index contributed by atoms with van der Waals surface area (Å²) in [5, 5.41) is 10.3. The molecule has 1 aliphatic heterocycles. The van der Waals surface area contributed by atoms with Gasteiger partial charge in [0.1, 0.15) is 18.4 Å². The van der Waals surface area contributed by atoms with Crippen LogP contribution in [0.1, 0.15) is 25.2 Å². The highest BCUT2D eigenvalue weighted by atomic mass is 19.1. The Hall–Kier alpha value is -3.29. The van der Waals surface area contributed by atoms with Crippen LogP contribution in [0.25, 0.3) is 0 Å². The third kappa shape index (κ3) is 7.66. The van der Waals surface area contributed by atoms with Gasteiger partial charge in [-0.1, -0.05) is 26.0 Å². The summed E-state index contributed by atoms with van der Waals surface area (Å²) in [6.07, 6.45) is 1.03. The van der Waals surface area contributed by atoms with Gasteiger partial charge < -0.3 is 9.47 Å². The van der Waals surface area contributed by atoms with Crippen molar-refractivity contribution in [2.75, 3.05) is 51.0 Å². The number of morpholine rings is 1. The number of nitrogens with one attached hydrogen (secondary N) is 1. The highest BCUT2D eigenvalue weighted by Gasteiger charge is 2.19. The van der Waals surface area contributed by atoms with Crippen molar-refractivity contribution in [3.05, 3.63) is 47.7 Å². The van der Waals surface area contributed by atoms with Crippen LogP contribution in [0.3, 0.4) is 0 Å². The second-order valence-electron chi connectivity index (χ2n) is 8.14. The summed E-state index contributed by atoms with van der Waals surface area (Å²) in [4.78, 5) is 22.5. The fourth-order valence-electron chi connectivity index (χ4n) is 3.35. The first-order chi connectivity index (χ1) is 15.9. The average Bonchev–Trinajstić information content (AvgIpc) is 2.80. The third-order valence-electron chi connectivity index (χ3n) is 4.96. The summed E-state index contributed by atoms with van der Waals surface area (Å²) in [5.41, 5.74) is 3.49. The quantitative estimate of drug-likeness (QED) is 0.541. The van der Waals surface area contributed by atoms with E-state index in [1.54, 1.807) is 6.07 Å². The average molecular weight is 457 g/mol. The van der Waals surface area contributed by atoms with Gasteiger partial charge in [0.15, 0.2) is 11.6 Å². The largest absolute Gasteiger partial charge is 0.492 e. The fourth-order valence-corrected chi connectivity index (χ4v) is 3.35. The molecule has 0 saturated carbocycles. The van der Waals surface area contributed by atoms with Gasteiger partial charge in [-0.05, 0) is 23.6 Å². The molecule has 1 saturated heterocycles. The number of hydrogen-bond acceptors (Lipinski definition) is 8. The number of rotatable bonds is 10. The first kappa shape index (κ1) is 24.4. The molecule has 0 unspecified atom stereocenters. The highest BCUT2D eigenvalue weighted by Crippen LogP contribution is 2.16. The van der Waals surface area contributed by atoms with Crippen molar-refractivity contribution in [2.45, 2.75) is 20.3 Å². The van der Waals surface area contributed by atoms with E-state index in [0.717, 1.165) is 50.4 Å². The molecular formula is C23H29FN6O3. The van der Waals surface area contributed by atoms with Gasteiger partial charge in [0.25, 0.3) is 0 Å². The standard InChI is InChI=1S/C23H29FN6O3/c1-17(2)16-30(23-20(24)15-26-21(14-25)27-23)28-22(31)13-18-3-5-19(6-4-18)33-12-9-29-7-10-32-11-8-29/h3-6,15,17H,7-13,16H2,1-2H3,(H,28,31). The first-order valence-electron chi connectivity index (χ1n) is 11.0. The van der Waals surface area contributed by atoms with Gasteiger partial charge >= 0.3 is 0 Å². The van der Waals surface area contributed by atoms with E-state index in [2.05, 4.69) is 20.3 Å². The van der Waals surface area contributed by atoms with Crippen molar-refractivity contribution < 1.29 is 18.7 Å². The Kier molecular flexibility index (Phi) is 8.92. The van der Waals surface area contributed by atoms with Crippen LogP contribution < -0.4 is 15.2 Å². The van der Waals surface area contributed by atoms with Crippen molar-refractivity contribution in [3.63, 3.8) is 0 Å². The van der Waals surface area contributed by atoms with Crippen LogP contribution in [-0.2, 0) is 16.0 Å². The summed E-state index contributed by atoms with van der Waals surface area (Å²) < 4.78 is 25.4. The maximum absolute atomic E-state index is 14.3. The van der Waals surface area contributed by atoms with E-state index in [-0.39, 0.29) is 29.9 Å². The van der Waals surface area contributed by atoms with Crippen molar-refractivity contribution in [2.24, 2.45) is 5.92 Å². The van der Waals surface area contributed by atoms with Gasteiger partial charge in [0, 0.05) is 26.2 Å². The number of aromatic nitrogens is 2. The van der Waals surface area contributed by atoms with E-state index >= 15 is 0 Å². The van der Waals surface area contributed by atoms with Crippen LogP contribution in [-0.4, -0.2) is 66.8 Å². The number of halogens is 1. The zero-order valence-corrected chi connectivity index (χ0v) is 19.0. The van der Waals surface area contributed by atoms with Gasteiger partial charge in [-0.15, -0.1) is 0 Å². The Labute approximate surface area is 193 Å². The van der Waals surface area contributed by atoms with Crippen LogP contribution in [0, 0.1) is 23.1 Å². The molecule has 3 rings (SSSR count). The Morgan fingerprint density at radius 1 is 1.33 bits per heavy atom. The van der Waals surface area contributed by atoms with E-state index in [1.807, 2.05) is 38.1 Å². The molecule has 33 heavy (non-hydrogen) atoms. The Bertz CT molecular complexity index is 958. The van der Waals surface area contributed by atoms with Gasteiger partial charge in [0.2, 0.25) is 11.7 Å². The van der Waals surface area contributed by atoms with Crippen molar-refractivity contribution in [1.29, 1.82) is 5.26 Å². The summed E-state index contributed by atoms with van der Waals surface area (Å²) in [6.45, 7) is 8.96. The summed E-state index contributed by atoms with van der Waals surface area (Å²) in [5.74, 6) is -0.493. The van der Waals surface area contributed by atoms with E-state index < -0.39 is 5.82 Å². The first-order valence-corrected chi connectivity index (χ1v) is 11.0. The lowest BCUT2D eigenvalue weighted by molar-refractivity contribution is -0.120. The predicted octanol–water partition coefficient (Wildman–Crippen LogP) is 1.93.